The molecule has 0 aliphatic heterocycles. The highest BCUT2D eigenvalue weighted by Gasteiger charge is 2.75. The second-order valence-electron chi connectivity index (χ2n) is 11.2. The number of carbonyl (C=O) groups excluding carboxylic acids is 4. The smallest absolute Gasteiger partial charge is 0.309 e. The molecule has 0 aromatic rings. The van der Waals surface area contributed by atoms with Crippen molar-refractivity contribution in [1.82, 2.24) is 0 Å². The Hall–Kier alpha value is -1.96. The highest BCUT2D eigenvalue weighted by molar-refractivity contribution is 5.87. The molecule has 0 spiro atoms. The van der Waals surface area contributed by atoms with Gasteiger partial charge in [-0.05, 0) is 43.4 Å². The first-order valence-electron chi connectivity index (χ1n) is 12.1. The Labute approximate surface area is 194 Å². The molecule has 0 heterocycles. The van der Waals surface area contributed by atoms with Crippen molar-refractivity contribution in [3.05, 3.63) is 0 Å². The molecule has 184 valence electrons. The minimum Gasteiger partial charge on any atom is -0.469 e. The van der Waals surface area contributed by atoms with Crippen LogP contribution in [0, 0.1) is 34.5 Å². The van der Waals surface area contributed by atoms with Crippen LogP contribution in [0.3, 0.4) is 0 Å². The van der Waals surface area contributed by atoms with E-state index < -0.39 is 46.8 Å². The average molecular weight is 465 g/mol. The summed E-state index contributed by atoms with van der Waals surface area (Å²) in [4.78, 5) is 49.9. The van der Waals surface area contributed by atoms with Gasteiger partial charge < -0.3 is 19.3 Å². The average Bonchev–Trinajstić information content (AvgIpc) is 2.94. The van der Waals surface area contributed by atoms with Gasteiger partial charge in [-0.3, -0.25) is 19.2 Å². The molecule has 8 nitrogen and oxygen atoms in total. The van der Waals surface area contributed by atoms with Crippen molar-refractivity contribution in [1.29, 1.82) is 0 Å². The lowest BCUT2D eigenvalue weighted by Gasteiger charge is -2.62. The van der Waals surface area contributed by atoms with E-state index in [2.05, 4.69) is 6.92 Å². The summed E-state index contributed by atoms with van der Waals surface area (Å²) in [7, 11) is 1.30. The number of methoxy groups -OCH3 is 1. The van der Waals surface area contributed by atoms with Crippen molar-refractivity contribution < 1.29 is 38.5 Å². The summed E-state index contributed by atoms with van der Waals surface area (Å²) in [6.45, 7) is 6.61. The third kappa shape index (κ3) is 3.43. The number of ketones is 1. The molecule has 4 rings (SSSR count). The minimum atomic E-state index is -1.50. The molecular weight excluding hydrogens is 428 g/mol. The van der Waals surface area contributed by atoms with Gasteiger partial charge in [-0.15, -0.1) is 0 Å². The lowest BCUT2D eigenvalue weighted by atomic mass is 9.42. The number of fused-ring (bicyclic) bond motifs is 5. The van der Waals surface area contributed by atoms with E-state index in [9.17, 15) is 24.3 Å². The number of carbonyl (C=O) groups is 4. The van der Waals surface area contributed by atoms with Crippen LogP contribution in [-0.2, 0) is 33.4 Å². The Morgan fingerprint density at radius 2 is 1.67 bits per heavy atom. The van der Waals surface area contributed by atoms with Crippen LogP contribution >= 0.6 is 0 Å². The van der Waals surface area contributed by atoms with Crippen LogP contribution in [0.5, 0.6) is 0 Å². The number of ether oxygens (including phenoxy) is 3. The molecule has 4 aliphatic carbocycles. The molecule has 33 heavy (non-hydrogen) atoms. The summed E-state index contributed by atoms with van der Waals surface area (Å²) >= 11 is 0. The molecule has 0 saturated heterocycles. The van der Waals surface area contributed by atoms with Crippen molar-refractivity contribution >= 4 is 23.7 Å². The second-order valence-corrected chi connectivity index (χ2v) is 11.2. The first-order valence-corrected chi connectivity index (χ1v) is 12.1. The molecule has 8 heteroatoms. The van der Waals surface area contributed by atoms with Crippen molar-refractivity contribution in [3.8, 4) is 0 Å². The number of esters is 3. The third-order valence-corrected chi connectivity index (χ3v) is 9.63. The summed E-state index contributed by atoms with van der Waals surface area (Å²) in [6.07, 6.45) is 2.63. The van der Waals surface area contributed by atoms with Crippen molar-refractivity contribution in [2.24, 2.45) is 34.5 Å². The van der Waals surface area contributed by atoms with Crippen molar-refractivity contribution in [3.63, 3.8) is 0 Å². The van der Waals surface area contributed by atoms with Gasteiger partial charge in [0.15, 0.2) is 0 Å². The molecule has 0 aromatic heterocycles. The van der Waals surface area contributed by atoms with E-state index in [1.54, 1.807) is 6.92 Å². The van der Waals surface area contributed by atoms with Crippen LogP contribution in [0.2, 0.25) is 0 Å². The van der Waals surface area contributed by atoms with E-state index >= 15 is 0 Å². The number of Topliss-reactive ketones (excluding diaryl/α,β-unsaturated/α-hetero) is 1. The highest BCUT2D eigenvalue weighted by Crippen LogP contribution is 2.68. The molecular formula is C25H36O8. The van der Waals surface area contributed by atoms with Crippen LogP contribution in [-0.4, -0.2) is 53.7 Å². The fraction of sp³-hybridized carbons (Fsp3) is 0.840. The van der Waals surface area contributed by atoms with Gasteiger partial charge in [-0.25, -0.2) is 0 Å². The number of hydrogen-bond donors (Lipinski definition) is 1. The van der Waals surface area contributed by atoms with E-state index in [1.165, 1.54) is 21.0 Å². The van der Waals surface area contributed by atoms with E-state index in [0.29, 0.717) is 25.7 Å². The van der Waals surface area contributed by atoms with Crippen LogP contribution in [0.15, 0.2) is 0 Å². The number of rotatable bonds is 3. The molecule has 0 amide bonds. The molecule has 0 unspecified atom stereocenters. The molecule has 4 aliphatic rings. The Bertz CT molecular complexity index is 868. The summed E-state index contributed by atoms with van der Waals surface area (Å²) in [6, 6.07) is 0. The SMILES string of the molecule is COC(=O)[C@H]1C[C@H](OC(C)=O)[C@@]2(O)[C@@H]3CC[C@H]4C[C@H](OC(C)=O)CC[C@]4(C)[C@H]3C(=O)C[C@]12C. The lowest BCUT2D eigenvalue weighted by molar-refractivity contribution is -0.235. The molecule has 9 atom stereocenters. The molecule has 4 fully saturated rings. The summed E-state index contributed by atoms with van der Waals surface area (Å²) in [5, 5.41) is 12.4. The lowest BCUT2D eigenvalue weighted by Crippen LogP contribution is -2.68. The Morgan fingerprint density at radius 3 is 2.27 bits per heavy atom. The van der Waals surface area contributed by atoms with Gasteiger partial charge in [0.05, 0.1) is 13.0 Å². The zero-order valence-electron chi connectivity index (χ0n) is 20.2. The van der Waals surface area contributed by atoms with Crippen molar-refractivity contribution in [2.75, 3.05) is 7.11 Å². The zero-order chi connectivity index (χ0) is 24.3. The molecule has 1 N–H and O–H groups in total. The normalized spacial score (nSPS) is 46.4. The maximum atomic E-state index is 13.8. The fourth-order valence-electron chi connectivity index (χ4n) is 8.19. The van der Waals surface area contributed by atoms with Crippen LogP contribution in [0.4, 0.5) is 0 Å². The second kappa shape index (κ2) is 8.07. The van der Waals surface area contributed by atoms with E-state index in [1.807, 2.05) is 0 Å². The van der Waals surface area contributed by atoms with Gasteiger partial charge in [-0.2, -0.15) is 0 Å². The van der Waals surface area contributed by atoms with Gasteiger partial charge in [0, 0.05) is 43.9 Å². The quantitative estimate of drug-likeness (QED) is 0.500. The largest absolute Gasteiger partial charge is 0.469 e. The first-order chi connectivity index (χ1) is 15.4. The maximum absolute atomic E-state index is 13.8. The number of hydrogen-bond acceptors (Lipinski definition) is 8. The highest BCUT2D eigenvalue weighted by atomic mass is 16.6. The Morgan fingerprint density at radius 1 is 1.00 bits per heavy atom. The van der Waals surface area contributed by atoms with E-state index in [0.717, 1.165) is 6.42 Å². The van der Waals surface area contributed by atoms with Gasteiger partial charge in [0.1, 0.15) is 23.6 Å². The molecule has 0 bridgehead atoms. The summed E-state index contributed by atoms with van der Waals surface area (Å²) in [5.74, 6) is -2.60. The van der Waals surface area contributed by atoms with Crippen molar-refractivity contribution in [2.45, 2.75) is 90.4 Å². The van der Waals surface area contributed by atoms with Gasteiger partial charge in [-0.1, -0.05) is 13.8 Å². The van der Waals surface area contributed by atoms with Crippen LogP contribution in [0.25, 0.3) is 0 Å². The zero-order valence-corrected chi connectivity index (χ0v) is 20.2. The number of aliphatic hydroxyl groups is 1. The standard InChI is InChI=1S/C25H36O8/c1-13(26)32-16-8-9-23(3)15(10-16)6-7-17-21(23)19(28)12-24(4)18(22(29)31-5)11-20(25(17,24)30)33-14(2)27/h15-18,20-21,30H,6-12H2,1-5H3/t15-,16+,17+,18+,20-,21+,23-,24+,25-/m0/s1. The maximum Gasteiger partial charge on any atom is 0.309 e. The van der Waals surface area contributed by atoms with Crippen LogP contribution in [0.1, 0.15) is 72.6 Å². The fourth-order valence-corrected chi connectivity index (χ4v) is 8.19. The van der Waals surface area contributed by atoms with E-state index in [-0.39, 0.29) is 42.0 Å². The van der Waals surface area contributed by atoms with Gasteiger partial charge in [0.2, 0.25) is 0 Å². The van der Waals surface area contributed by atoms with E-state index in [4.69, 9.17) is 14.2 Å². The Balaban J connectivity index is 1.72. The minimum absolute atomic E-state index is 0.0396. The summed E-state index contributed by atoms with van der Waals surface area (Å²) < 4.78 is 16.1. The monoisotopic (exact) mass is 464 g/mol. The Kier molecular flexibility index (Phi) is 5.91. The predicted molar refractivity (Wildman–Crippen MR) is 116 cm³/mol. The van der Waals surface area contributed by atoms with Gasteiger partial charge in [0.25, 0.3) is 0 Å². The first kappa shape index (κ1) is 24.2. The molecule has 4 saturated carbocycles. The van der Waals surface area contributed by atoms with Crippen LogP contribution < -0.4 is 0 Å². The molecule has 0 aromatic carbocycles. The third-order valence-electron chi connectivity index (χ3n) is 9.63. The molecule has 0 radical (unpaired) electrons. The van der Waals surface area contributed by atoms with Gasteiger partial charge >= 0.3 is 17.9 Å². The predicted octanol–water partition coefficient (Wildman–Crippen LogP) is 2.59. The topological polar surface area (TPSA) is 116 Å². The summed E-state index contributed by atoms with van der Waals surface area (Å²) in [5.41, 5.74) is -2.93.